The summed E-state index contributed by atoms with van der Waals surface area (Å²) < 4.78 is 1.63. The van der Waals surface area contributed by atoms with E-state index in [4.69, 9.17) is 5.73 Å². The zero-order valence-corrected chi connectivity index (χ0v) is 12.8. The minimum atomic E-state index is -0.0755. The Balaban J connectivity index is 1.80. The molecule has 1 saturated heterocycles. The summed E-state index contributed by atoms with van der Waals surface area (Å²) in [5, 5.41) is 8.11. The minimum Gasteiger partial charge on any atom is -0.333 e. The lowest BCUT2D eigenvalue weighted by Crippen LogP contribution is -2.47. The van der Waals surface area contributed by atoms with Crippen molar-refractivity contribution in [1.29, 1.82) is 0 Å². The van der Waals surface area contributed by atoms with Crippen molar-refractivity contribution in [3.63, 3.8) is 0 Å². The van der Waals surface area contributed by atoms with Crippen molar-refractivity contribution in [3.05, 3.63) is 41.7 Å². The predicted octanol–water partition coefficient (Wildman–Crippen LogP) is 1.53. The van der Waals surface area contributed by atoms with Gasteiger partial charge in [0.2, 0.25) is 0 Å². The van der Waals surface area contributed by atoms with Crippen LogP contribution < -0.4 is 5.73 Å². The van der Waals surface area contributed by atoms with Crippen LogP contribution in [0.15, 0.2) is 30.5 Å². The topological polar surface area (TPSA) is 77.0 Å². The number of hydrogen-bond acceptors (Lipinski definition) is 4. The molecule has 0 radical (unpaired) electrons. The first-order valence-corrected chi connectivity index (χ1v) is 7.69. The van der Waals surface area contributed by atoms with Gasteiger partial charge in [-0.1, -0.05) is 22.9 Å². The molecule has 0 spiro atoms. The van der Waals surface area contributed by atoms with Crippen LogP contribution >= 0.6 is 0 Å². The normalized spacial score (nSPS) is 18.5. The summed E-state index contributed by atoms with van der Waals surface area (Å²) in [4.78, 5) is 14.5. The molecule has 1 aromatic carbocycles. The zero-order chi connectivity index (χ0) is 15.5. The van der Waals surface area contributed by atoms with Crippen LogP contribution in [0.5, 0.6) is 0 Å². The molecule has 0 aliphatic carbocycles. The van der Waals surface area contributed by atoms with Crippen molar-refractivity contribution in [1.82, 2.24) is 19.9 Å². The van der Waals surface area contributed by atoms with Crippen molar-refractivity contribution in [2.24, 2.45) is 5.73 Å². The third-order valence-corrected chi connectivity index (χ3v) is 4.17. The summed E-state index contributed by atoms with van der Waals surface area (Å²) in [6.07, 6.45) is 4.81. The number of nitrogens with two attached hydrogens (primary N) is 1. The highest BCUT2D eigenvalue weighted by Crippen LogP contribution is 2.18. The van der Waals surface area contributed by atoms with Crippen molar-refractivity contribution in [2.45, 2.75) is 32.2 Å². The van der Waals surface area contributed by atoms with Gasteiger partial charge in [0.05, 0.1) is 11.9 Å². The van der Waals surface area contributed by atoms with Gasteiger partial charge in [-0.25, -0.2) is 4.68 Å². The summed E-state index contributed by atoms with van der Waals surface area (Å²) in [6.45, 7) is 3.28. The average Bonchev–Trinajstić information content (AvgIpc) is 3.05. The molecule has 3 rings (SSSR count). The number of amides is 1. The second-order valence-corrected chi connectivity index (χ2v) is 5.77. The lowest BCUT2D eigenvalue weighted by molar-refractivity contribution is 0.0617. The summed E-state index contributed by atoms with van der Waals surface area (Å²) in [7, 11) is 0. The largest absolute Gasteiger partial charge is 0.333 e. The van der Waals surface area contributed by atoms with Gasteiger partial charge in [0.25, 0.3) is 5.91 Å². The van der Waals surface area contributed by atoms with Crippen LogP contribution in [-0.4, -0.2) is 44.9 Å². The SMILES string of the molecule is Cc1ccc(-n2cc(C(=O)N3CCCC[C@@H]3CN)nn2)cc1. The fourth-order valence-electron chi connectivity index (χ4n) is 2.85. The highest BCUT2D eigenvalue weighted by atomic mass is 16.2. The Morgan fingerprint density at radius 1 is 1.32 bits per heavy atom. The van der Waals surface area contributed by atoms with Crippen LogP contribution in [0.3, 0.4) is 0 Å². The van der Waals surface area contributed by atoms with E-state index in [1.165, 1.54) is 5.56 Å². The second-order valence-electron chi connectivity index (χ2n) is 5.77. The van der Waals surface area contributed by atoms with Crippen LogP contribution in [-0.2, 0) is 0 Å². The third kappa shape index (κ3) is 2.87. The molecule has 2 heterocycles. The van der Waals surface area contributed by atoms with Gasteiger partial charge in [0.15, 0.2) is 5.69 Å². The lowest BCUT2D eigenvalue weighted by atomic mass is 10.0. The van der Waals surface area contributed by atoms with Gasteiger partial charge in [0.1, 0.15) is 0 Å². The molecule has 0 unspecified atom stereocenters. The van der Waals surface area contributed by atoms with E-state index in [-0.39, 0.29) is 11.9 Å². The molecule has 0 bridgehead atoms. The van der Waals surface area contributed by atoms with Crippen molar-refractivity contribution < 1.29 is 4.79 Å². The molecule has 2 N–H and O–H groups in total. The second kappa shape index (κ2) is 6.27. The number of rotatable bonds is 3. The van der Waals surface area contributed by atoms with E-state index in [2.05, 4.69) is 10.3 Å². The summed E-state index contributed by atoms with van der Waals surface area (Å²) in [5.74, 6) is -0.0755. The average molecular weight is 299 g/mol. The zero-order valence-electron chi connectivity index (χ0n) is 12.8. The first-order valence-electron chi connectivity index (χ1n) is 7.69. The highest BCUT2D eigenvalue weighted by molar-refractivity contribution is 5.92. The van der Waals surface area contributed by atoms with E-state index in [0.29, 0.717) is 12.2 Å². The van der Waals surface area contributed by atoms with E-state index < -0.39 is 0 Å². The fraction of sp³-hybridized carbons (Fsp3) is 0.438. The number of carbonyl (C=O) groups excluding carboxylic acids is 1. The molecular formula is C16H21N5O. The Morgan fingerprint density at radius 3 is 2.82 bits per heavy atom. The smallest absolute Gasteiger partial charge is 0.276 e. The standard InChI is InChI=1S/C16H21N5O/c1-12-5-7-13(8-6-12)21-11-15(18-19-21)16(22)20-9-3-2-4-14(20)10-17/h5-8,11,14H,2-4,9-10,17H2,1H3/t14-/m1/s1. The van der Waals surface area contributed by atoms with E-state index in [0.717, 1.165) is 31.5 Å². The Morgan fingerprint density at radius 2 is 2.09 bits per heavy atom. The summed E-state index contributed by atoms with van der Waals surface area (Å²) >= 11 is 0. The number of aryl methyl sites for hydroxylation is 1. The van der Waals surface area contributed by atoms with Crippen molar-refractivity contribution in [2.75, 3.05) is 13.1 Å². The molecule has 6 heteroatoms. The van der Waals surface area contributed by atoms with Gasteiger partial charge in [-0.3, -0.25) is 4.79 Å². The Kier molecular flexibility index (Phi) is 4.20. The Bertz CT molecular complexity index is 649. The van der Waals surface area contributed by atoms with Gasteiger partial charge in [0, 0.05) is 19.1 Å². The van der Waals surface area contributed by atoms with E-state index in [1.54, 1.807) is 10.9 Å². The van der Waals surface area contributed by atoms with Crippen LogP contribution in [0.4, 0.5) is 0 Å². The van der Waals surface area contributed by atoms with E-state index >= 15 is 0 Å². The quantitative estimate of drug-likeness (QED) is 0.932. The number of nitrogens with zero attached hydrogens (tertiary/aromatic N) is 4. The van der Waals surface area contributed by atoms with E-state index in [1.807, 2.05) is 36.1 Å². The summed E-state index contributed by atoms with van der Waals surface area (Å²) in [6, 6.07) is 8.05. The Labute approximate surface area is 129 Å². The van der Waals surface area contributed by atoms with Crippen molar-refractivity contribution >= 4 is 5.91 Å². The molecule has 22 heavy (non-hydrogen) atoms. The molecular weight excluding hydrogens is 278 g/mol. The number of benzene rings is 1. The number of likely N-dealkylation sites (tertiary alicyclic amines) is 1. The van der Waals surface area contributed by atoms with Gasteiger partial charge < -0.3 is 10.6 Å². The van der Waals surface area contributed by atoms with Crippen LogP contribution in [0.2, 0.25) is 0 Å². The van der Waals surface area contributed by atoms with Gasteiger partial charge in [-0.05, 0) is 38.3 Å². The first-order chi connectivity index (χ1) is 10.7. The van der Waals surface area contributed by atoms with Gasteiger partial charge in [-0.15, -0.1) is 5.10 Å². The van der Waals surface area contributed by atoms with Crippen LogP contribution in [0.1, 0.15) is 35.3 Å². The van der Waals surface area contributed by atoms with Gasteiger partial charge in [-0.2, -0.15) is 0 Å². The molecule has 1 amide bonds. The molecule has 1 aromatic heterocycles. The number of aromatic nitrogens is 3. The van der Waals surface area contributed by atoms with Crippen LogP contribution in [0, 0.1) is 6.92 Å². The van der Waals surface area contributed by atoms with Crippen molar-refractivity contribution in [3.8, 4) is 5.69 Å². The lowest BCUT2D eigenvalue weighted by Gasteiger charge is -2.34. The molecule has 116 valence electrons. The maximum Gasteiger partial charge on any atom is 0.276 e. The van der Waals surface area contributed by atoms with Gasteiger partial charge >= 0.3 is 0 Å². The molecule has 6 nitrogen and oxygen atoms in total. The molecule has 1 fully saturated rings. The fourth-order valence-corrected chi connectivity index (χ4v) is 2.85. The maximum absolute atomic E-state index is 12.6. The molecule has 2 aromatic rings. The monoisotopic (exact) mass is 299 g/mol. The predicted molar refractivity (Wildman–Crippen MR) is 83.8 cm³/mol. The number of carbonyl (C=O) groups is 1. The summed E-state index contributed by atoms with van der Waals surface area (Å²) in [5.41, 5.74) is 8.24. The highest BCUT2D eigenvalue weighted by Gasteiger charge is 2.28. The number of piperidine rings is 1. The molecule has 1 aliphatic rings. The number of hydrogen-bond donors (Lipinski definition) is 1. The Hall–Kier alpha value is -2.21. The molecule has 0 saturated carbocycles. The third-order valence-electron chi connectivity index (χ3n) is 4.17. The first kappa shape index (κ1) is 14.7. The minimum absolute atomic E-state index is 0.0755. The van der Waals surface area contributed by atoms with Crippen LogP contribution in [0.25, 0.3) is 5.69 Å². The molecule has 1 atom stereocenters. The van der Waals surface area contributed by atoms with E-state index in [9.17, 15) is 4.79 Å². The molecule has 1 aliphatic heterocycles. The maximum atomic E-state index is 12.6.